The molecule has 0 radical (unpaired) electrons. The first-order valence-corrected chi connectivity index (χ1v) is 5.08. The van der Waals surface area contributed by atoms with Crippen molar-refractivity contribution in [2.75, 3.05) is 19.8 Å². The number of terminal acetylenes is 1. The molecule has 2 heteroatoms. The summed E-state index contributed by atoms with van der Waals surface area (Å²) in [5, 5.41) is 0. The van der Waals surface area contributed by atoms with Gasteiger partial charge in [-0.25, -0.2) is 0 Å². The van der Waals surface area contributed by atoms with Crippen LogP contribution in [-0.2, 0) is 4.74 Å². The molecule has 2 nitrogen and oxygen atoms in total. The minimum absolute atomic E-state index is 0.152. The average Bonchev–Trinajstić information content (AvgIpc) is 2.03. The van der Waals surface area contributed by atoms with Gasteiger partial charge in [0.15, 0.2) is 0 Å². The minimum atomic E-state index is -0.168. The van der Waals surface area contributed by atoms with Crippen LogP contribution in [0, 0.1) is 23.2 Å². The quantitative estimate of drug-likeness (QED) is 0.661. The fourth-order valence-corrected chi connectivity index (χ4v) is 1.09. The van der Waals surface area contributed by atoms with Gasteiger partial charge in [-0.1, -0.05) is 19.8 Å². The van der Waals surface area contributed by atoms with Crippen LogP contribution in [0.3, 0.4) is 0 Å². The number of hydrogen-bond donors (Lipinski definition) is 1. The van der Waals surface area contributed by atoms with Crippen LogP contribution in [0.15, 0.2) is 0 Å². The molecule has 0 aliphatic heterocycles. The van der Waals surface area contributed by atoms with E-state index >= 15 is 0 Å². The third kappa shape index (κ3) is 6.01. The van der Waals surface area contributed by atoms with E-state index in [0.717, 1.165) is 13.0 Å². The number of nitrogens with two attached hydrogens (primary N) is 1. The van der Waals surface area contributed by atoms with Gasteiger partial charge in [0, 0.05) is 5.41 Å². The summed E-state index contributed by atoms with van der Waals surface area (Å²) in [4.78, 5) is 0. The molecule has 0 spiro atoms. The summed E-state index contributed by atoms with van der Waals surface area (Å²) >= 11 is 0. The van der Waals surface area contributed by atoms with Crippen LogP contribution in [0.5, 0.6) is 0 Å². The zero-order valence-corrected chi connectivity index (χ0v) is 9.89. The molecule has 0 aromatic carbocycles. The van der Waals surface area contributed by atoms with Crippen molar-refractivity contribution in [2.24, 2.45) is 16.6 Å². The molecule has 0 amide bonds. The predicted molar refractivity (Wildman–Crippen MR) is 60.9 cm³/mol. The van der Waals surface area contributed by atoms with Gasteiger partial charge in [-0.15, -0.1) is 6.42 Å². The first kappa shape index (κ1) is 13.5. The Bertz CT molecular complexity index is 201. The fraction of sp³-hybridized carbons (Fsp3) is 0.833. The molecule has 0 bridgehead atoms. The number of ether oxygens (including phenoxy) is 1. The fourth-order valence-electron chi connectivity index (χ4n) is 1.09. The summed E-state index contributed by atoms with van der Waals surface area (Å²) in [5.74, 6) is 2.71. The molecule has 0 atom stereocenters. The Kier molecular flexibility index (Phi) is 5.18. The summed E-state index contributed by atoms with van der Waals surface area (Å²) in [6.07, 6.45) is 6.34. The van der Waals surface area contributed by atoms with Gasteiger partial charge in [0.2, 0.25) is 0 Å². The molecule has 0 heterocycles. The lowest BCUT2D eigenvalue weighted by atomic mass is 9.90. The molecule has 0 aliphatic carbocycles. The molecular weight excluding hydrogens is 174 g/mol. The van der Waals surface area contributed by atoms with Crippen LogP contribution in [0.4, 0.5) is 0 Å². The lowest BCUT2D eigenvalue weighted by molar-refractivity contribution is 0.0294. The van der Waals surface area contributed by atoms with E-state index < -0.39 is 0 Å². The van der Waals surface area contributed by atoms with Gasteiger partial charge in [-0.3, -0.25) is 0 Å². The molecule has 14 heavy (non-hydrogen) atoms. The largest absolute Gasteiger partial charge is 0.379 e. The van der Waals surface area contributed by atoms with Crippen LogP contribution in [0.1, 0.15) is 34.1 Å². The van der Waals surface area contributed by atoms with Crippen molar-refractivity contribution >= 4 is 0 Å². The molecule has 0 saturated carbocycles. The van der Waals surface area contributed by atoms with E-state index in [-0.39, 0.29) is 10.8 Å². The first-order valence-electron chi connectivity index (χ1n) is 5.08. The van der Waals surface area contributed by atoms with E-state index in [1.807, 2.05) is 13.8 Å². The maximum atomic E-state index is 5.61. The standard InChI is InChI=1S/C12H23NO/c1-6-11(2,3)9-14-10-12(4,5)7-8-13/h1H,7-10,13H2,2-5H3. The van der Waals surface area contributed by atoms with Gasteiger partial charge < -0.3 is 10.5 Å². The summed E-state index contributed by atoms with van der Waals surface area (Å²) in [7, 11) is 0. The highest BCUT2D eigenvalue weighted by Gasteiger charge is 2.20. The number of rotatable bonds is 6. The summed E-state index contributed by atoms with van der Waals surface area (Å²) in [5.41, 5.74) is 5.49. The molecule has 0 aromatic heterocycles. The highest BCUT2D eigenvalue weighted by molar-refractivity contribution is 5.00. The van der Waals surface area contributed by atoms with Crippen LogP contribution in [0.2, 0.25) is 0 Å². The Morgan fingerprint density at radius 2 is 1.79 bits per heavy atom. The Morgan fingerprint density at radius 3 is 2.21 bits per heavy atom. The van der Waals surface area contributed by atoms with Crippen molar-refractivity contribution < 1.29 is 4.74 Å². The monoisotopic (exact) mass is 197 g/mol. The van der Waals surface area contributed by atoms with E-state index in [4.69, 9.17) is 16.9 Å². The molecule has 0 aliphatic rings. The van der Waals surface area contributed by atoms with Gasteiger partial charge in [-0.05, 0) is 32.2 Å². The van der Waals surface area contributed by atoms with Crippen molar-refractivity contribution in [3.63, 3.8) is 0 Å². The van der Waals surface area contributed by atoms with Crippen LogP contribution < -0.4 is 5.73 Å². The van der Waals surface area contributed by atoms with Crippen molar-refractivity contribution in [1.82, 2.24) is 0 Å². The maximum Gasteiger partial charge on any atom is 0.0626 e. The Morgan fingerprint density at radius 1 is 1.21 bits per heavy atom. The predicted octanol–water partition coefficient (Wildman–Crippen LogP) is 2.04. The molecule has 0 aromatic rings. The third-order valence-corrected chi connectivity index (χ3v) is 2.17. The summed E-state index contributed by atoms with van der Waals surface area (Å²) < 4.78 is 5.61. The molecule has 0 rings (SSSR count). The van der Waals surface area contributed by atoms with Gasteiger partial charge in [0.05, 0.1) is 13.2 Å². The smallest absolute Gasteiger partial charge is 0.0626 e. The van der Waals surface area contributed by atoms with Crippen LogP contribution in [-0.4, -0.2) is 19.8 Å². The van der Waals surface area contributed by atoms with Gasteiger partial charge in [0.25, 0.3) is 0 Å². The first-order chi connectivity index (χ1) is 6.33. The van der Waals surface area contributed by atoms with Crippen LogP contribution >= 0.6 is 0 Å². The van der Waals surface area contributed by atoms with Crippen molar-refractivity contribution in [3.05, 3.63) is 0 Å². The summed E-state index contributed by atoms with van der Waals surface area (Å²) in [6, 6.07) is 0. The lowest BCUT2D eigenvalue weighted by Crippen LogP contribution is -2.26. The normalized spacial score (nSPS) is 12.6. The lowest BCUT2D eigenvalue weighted by Gasteiger charge is -2.26. The van der Waals surface area contributed by atoms with Crippen LogP contribution in [0.25, 0.3) is 0 Å². The second-order valence-corrected chi connectivity index (χ2v) is 5.22. The minimum Gasteiger partial charge on any atom is -0.379 e. The summed E-state index contributed by atoms with van der Waals surface area (Å²) in [6.45, 7) is 10.3. The maximum absolute atomic E-state index is 5.61. The zero-order valence-electron chi connectivity index (χ0n) is 9.89. The van der Waals surface area contributed by atoms with Gasteiger partial charge in [0.1, 0.15) is 0 Å². The van der Waals surface area contributed by atoms with E-state index in [0.29, 0.717) is 13.2 Å². The highest BCUT2D eigenvalue weighted by Crippen LogP contribution is 2.21. The van der Waals surface area contributed by atoms with Crippen molar-refractivity contribution in [1.29, 1.82) is 0 Å². The molecule has 0 unspecified atom stereocenters. The SMILES string of the molecule is C#CC(C)(C)COCC(C)(C)CCN. The molecule has 2 N–H and O–H groups in total. The molecule has 0 saturated heterocycles. The highest BCUT2D eigenvalue weighted by atomic mass is 16.5. The average molecular weight is 197 g/mol. The Hall–Kier alpha value is -0.520. The Labute approximate surface area is 88.2 Å². The van der Waals surface area contributed by atoms with E-state index in [2.05, 4.69) is 19.8 Å². The third-order valence-electron chi connectivity index (χ3n) is 2.17. The molecule has 82 valence electrons. The van der Waals surface area contributed by atoms with Crippen molar-refractivity contribution in [2.45, 2.75) is 34.1 Å². The second-order valence-electron chi connectivity index (χ2n) is 5.22. The topological polar surface area (TPSA) is 35.2 Å². The zero-order chi connectivity index (χ0) is 11.2. The Balaban J connectivity index is 3.80. The molecule has 0 fully saturated rings. The van der Waals surface area contributed by atoms with E-state index in [1.165, 1.54) is 0 Å². The van der Waals surface area contributed by atoms with E-state index in [1.54, 1.807) is 0 Å². The van der Waals surface area contributed by atoms with Gasteiger partial charge >= 0.3 is 0 Å². The molecular formula is C12H23NO. The second kappa shape index (κ2) is 5.38. The van der Waals surface area contributed by atoms with E-state index in [9.17, 15) is 0 Å². The van der Waals surface area contributed by atoms with Crippen molar-refractivity contribution in [3.8, 4) is 12.3 Å². The van der Waals surface area contributed by atoms with Gasteiger partial charge in [-0.2, -0.15) is 0 Å². The number of hydrogen-bond acceptors (Lipinski definition) is 2.